The predicted molar refractivity (Wildman–Crippen MR) is 64.2 cm³/mol. The number of hydrogen-bond donors (Lipinski definition) is 3. The minimum Gasteiger partial charge on any atom is -0.480 e. The maximum atomic E-state index is 11.7. The summed E-state index contributed by atoms with van der Waals surface area (Å²) in [5.41, 5.74) is 1.07. The minimum absolute atomic E-state index is 0.361. The number of H-pyrrole nitrogens is 1. The fraction of sp³-hybridized carbons (Fsp3) is 0.182. The Morgan fingerprint density at radius 2 is 2.00 bits per heavy atom. The maximum Gasteiger partial charge on any atom is 0.325 e. The van der Waals surface area contributed by atoms with Crippen LogP contribution in [0.5, 0.6) is 0 Å². The van der Waals surface area contributed by atoms with Crippen LogP contribution in [0.15, 0.2) is 24.3 Å². The van der Waals surface area contributed by atoms with E-state index in [0.717, 1.165) is 0 Å². The van der Waals surface area contributed by atoms with Crippen LogP contribution in [-0.2, 0) is 4.79 Å². The van der Waals surface area contributed by atoms with E-state index in [1.165, 1.54) is 6.92 Å². The highest BCUT2D eigenvalue weighted by Gasteiger charge is 2.15. The second-order valence-corrected chi connectivity index (χ2v) is 3.85. The van der Waals surface area contributed by atoms with E-state index in [1.807, 2.05) is 0 Å². The molecule has 3 N–H and O–H groups in total. The van der Waals surface area contributed by atoms with E-state index >= 15 is 0 Å². The summed E-state index contributed by atoms with van der Waals surface area (Å²) in [6, 6.07) is 5.51. The van der Waals surface area contributed by atoms with E-state index in [1.54, 1.807) is 24.3 Å². The normalized spacial score (nSPS) is 11.8. The van der Waals surface area contributed by atoms with Crippen LogP contribution in [0.3, 0.4) is 0 Å². The lowest BCUT2D eigenvalue weighted by Gasteiger charge is -2.09. The van der Waals surface area contributed by atoms with E-state index < -0.39 is 17.9 Å². The third-order valence-electron chi connectivity index (χ3n) is 2.47. The first kappa shape index (κ1) is 12.7. The van der Waals surface area contributed by atoms with Crippen LogP contribution in [0.1, 0.15) is 17.3 Å². The lowest BCUT2D eigenvalue weighted by atomic mass is 10.1. The maximum absolute atomic E-state index is 11.7. The van der Waals surface area contributed by atoms with Crippen LogP contribution in [0.2, 0.25) is 0 Å². The van der Waals surface area contributed by atoms with Crippen LogP contribution >= 0.6 is 0 Å². The van der Waals surface area contributed by atoms with E-state index in [0.29, 0.717) is 17.0 Å². The lowest BCUT2D eigenvalue weighted by Crippen LogP contribution is -2.38. The van der Waals surface area contributed by atoms with Crippen molar-refractivity contribution in [3.8, 4) is 11.4 Å². The zero-order valence-electron chi connectivity index (χ0n) is 9.99. The molecule has 2 aromatic rings. The Hall–Kier alpha value is -2.77. The zero-order chi connectivity index (χ0) is 13.8. The third kappa shape index (κ3) is 2.92. The van der Waals surface area contributed by atoms with Gasteiger partial charge >= 0.3 is 5.97 Å². The Morgan fingerprint density at radius 3 is 2.53 bits per heavy atom. The van der Waals surface area contributed by atoms with Gasteiger partial charge in [-0.1, -0.05) is 12.1 Å². The van der Waals surface area contributed by atoms with Gasteiger partial charge in [0.05, 0.1) is 0 Å². The zero-order valence-corrected chi connectivity index (χ0v) is 9.99. The van der Waals surface area contributed by atoms with Crippen LogP contribution in [-0.4, -0.2) is 43.6 Å². The summed E-state index contributed by atoms with van der Waals surface area (Å²) >= 11 is 0. The van der Waals surface area contributed by atoms with Gasteiger partial charge in [-0.3, -0.25) is 9.59 Å². The van der Waals surface area contributed by atoms with Gasteiger partial charge in [0.2, 0.25) is 5.82 Å². The smallest absolute Gasteiger partial charge is 0.325 e. The van der Waals surface area contributed by atoms with Crippen molar-refractivity contribution in [2.75, 3.05) is 0 Å². The number of hydrogen-bond acceptors (Lipinski definition) is 5. The van der Waals surface area contributed by atoms with Crippen LogP contribution in [0, 0.1) is 0 Å². The molecule has 0 unspecified atom stereocenters. The summed E-state index contributed by atoms with van der Waals surface area (Å²) in [6.45, 7) is 1.40. The van der Waals surface area contributed by atoms with E-state index in [2.05, 4.69) is 25.9 Å². The molecule has 0 bridgehead atoms. The molecule has 0 spiro atoms. The highest BCUT2D eigenvalue weighted by molar-refractivity contribution is 5.96. The number of nitrogens with zero attached hydrogens (tertiary/aromatic N) is 3. The number of carboxylic acid groups (broad SMARTS) is 1. The second kappa shape index (κ2) is 5.25. The molecular formula is C11H11N5O3. The number of aromatic amines is 1. The van der Waals surface area contributed by atoms with Gasteiger partial charge in [-0.15, -0.1) is 10.2 Å². The molecule has 1 atom stereocenters. The first-order valence-corrected chi connectivity index (χ1v) is 5.45. The monoisotopic (exact) mass is 261 g/mol. The van der Waals surface area contributed by atoms with Crippen molar-refractivity contribution >= 4 is 11.9 Å². The van der Waals surface area contributed by atoms with Gasteiger partial charge < -0.3 is 10.4 Å². The van der Waals surface area contributed by atoms with Gasteiger partial charge in [0, 0.05) is 11.1 Å². The van der Waals surface area contributed by atoms with Crippen LogP contribution in [0.4, 0.5) is 0 Å². The standard InChI is InChI=1S/C11H11N5O3/c1-6(11(18)19)12-10(17)8-4-2-7(3-5-8)9-13-15-16-14-9/h2-6H,1H3,(H,12,17)(H,18,19)(H,13,14,15,16)/t6-/m1/s1. The molecule has 1 amide bonds. The molecule has 1 heterocycles. The molecule has 0 saturated heterocycles. The average molecular weight is 261 g/mol. The molecule has 1 aromatic heterocycles. The number of rotatable bonds is 4. The molecule has 1 aromatic carbocycles. The van der Waals surface area contributed by atoms with Crippen LogP contribution in [0.25, 0.3) is 11.4 Å². The number of benzene rings is 1. The quantitative estimate of drug-likeness (QED) is 0.716. The van der Waals surface area contributed by atoms with Gasteiger partial charge in [0.15, 0.2) is 0 Å². The second-order valence-electron chi connectivity index (χ2n) is 3.85. The topological polar surface area (TPSA) is 121 Å². The number of aromatic nitrogens is 4. The van der Waals surface area contributed by atoms with Gasteiger partial charge in [0.1, 0.15) is 6.04 Å². The average Bonchev–Trinajstić information content (AvgIpc) is 2.92. The molecule has 2 rings (SSSR count). The number of carboxylic acids is 1. The number of aliphatic carboxylic acids is 1. The number of carbonyl (C=O) groups excluding carboxylic acids is 1. The summed E-state index contributed by atoms with van der Waals surface area (Å²) in [7, 11) is 0. The van der Waals surface area contributed by atoms with Gasteiger partial charge in [0.25, 0.3) is 5.91 Å². The van der Waals surface area contributed by atoms with E-state index in [9.17, 15) is 9.59 Å². The van der Waals surface area contributed by atoms with Crippen LogP contribution < -0.4 is 5.32 Å². The summed E-state index contributed by atoms with van der Waals surface area (Å²) in [5, 5.41) is 24.4. The van der Waals surface area contributed by atoms with Crippen molar-refractivity contribution in [1.82, 2.24) is 25.9 Å². The summed E-state index contributed by atoms with van der Waals surface area (Å²) in [5.74, 6) is -1.11. The molecule has 8 heteroatoms. The van der Waals surface area contributed by atoms with Gasteiger partial charge in [-0.05, 0) is 24.3 Å². The molecule has 0 aliphatic heterocycles. The molecule has 0 saturated carbocycles. The lowest BCUT2D eigenvalue weighted by molar-refractivity contribution is -0.138. The number of nitrogens with one attached hydrogen (secondary N) is 2. The van der Waals surface area contributed by atoms with Crippen molar-refractivity contribution in [3.63, 3.8) is 0 Å². The number of tetrazole rings is 1. The molecule has 0 radical (unpaired) electrons. The van der Waals surface area contributed by atoms with Gasteiger partial charge in [-0.2, -0.15) is 5.21 Å². The third-order valence-corrected chi connectivity index (χ3v) is 2.47. The van der Waals surface area contributed by atoms with Gasteiger partial charge in [-0.25, -0.2) is 0 Å². The fourth-order valence-corrected chi connectivity index (χ4v) is 1.40. The minimum atomic E-state index is -1.09. The van der Waals surface area contributed by atoms with E-state index in [-0.39, 0.29) is 0 Å². The Balaban J connectivity index is 2.10. The molecule has 0 fully saturated rings. The van der Waals surface area contributed by atoms with Crippen molar-refractivity contribution in [1.29, 1.82) is 0 Å². The molecule has 8 nitrogen and oxygen atoms in total. The van der Waals surface area contributed by atoms with Crippen molar-refractivity contribution in [2.45, 2.75) is 13.0 Å². The number of amides is 1. The first-order valence-electron chi connectivity index (χ1n) is 5.45. The Labute approximate surface area is 107 Å². The van der Waals surface area contributed by atoms with Crippen molar-refractivity contribution in [2.24, 2.45) is 0 Å². The van der Waals surface area contributed by atoms with Crippen molar-refractivity contribution in [3.05, 3.63) is 29.8 Å². The highest BCUT2D eigenvalue weighted by atomic mass is 16.4. The number of carbonyl (C=O) groups is 2. The summed E-state index contributed by atoms with van der Waals surface area (Å²) in [4.78, 5) is 22.4. The molecule has 98 valence electrons. The van der Waals surface area contributed by atoms with Crippen molar-refractivity contribution < 1.29 is 14.7 Å². The van der Waals surface area contributed by atoms with E-state index in [4.69, 9.17) is 5.11 Å². The summed E-state index contributed by atoms with van der Waals surface area (Å²) in [6.07, 6.45) is 0. The SMILES string of the molecule is C[C@@H](NC(=O)c1ccc(-c2nn[nH]n2)cc1)C(=O)O. The molecular weight excluding hydrogens is 250 g/mol. The Bertz CT molecular complexity index is 579. The Morgan fingerprint density at radius 1 is 1.32 bits per heavy atom. The largest absolute Gasteiger partial charge is 0.480 e. The highest BCUT2D eigenvalue weighted by Crippen LogP contribution is 2.13. The summed E-state index contributed by atoms with van der Waals surface area (Å²) < 4.78 is 0. The molecule has 0 aliphatic carbocycles. The fourth-order valence-electron chi connectivity index (χ4n) is 1.40. The molecule has 0 aliphatic rings. The molecule has 19 heavy (non-hydrogen) atoms. The Kier molecular flexibility index (Phi) is 3.51. The first-order chi connectivity index (χ1) is 9.08. The predicted octanol–water partition coefficient (Wildman–Crippen LogP) is 0.0696.